The maximum Gasteiger partial charge on any atom is 0.200 e. The molecule has 0 saturated carbocycles. The van der Waals surface area contributed by atoms with E-state index in [2.05, 4.69) is 32.5 Å². The van der Waals surface area contributed by atoms with Crippen LogP contribution in [-0.4, -0.2) is 25.7 Å². The van der Waals surface area contributed by atoms with Crippen molar-refractivity contribution in [2.45, 2.75) is 13.8 Å². The van der Waals surface area contributed by atoms with Crippen LogP contribution in [-0.2, 0) is 0 Å². The molecular formula is C11H9N3S5. The first-order chi connectivity index (χ1) is 9.35. The zero-order valence-electron chi connectivity index (χ0n) is 9.90. The van der Waals surface area contributed by atoms with Crippen molar-refractivity contribution in [3.05, 3.63) is 24.3 Å². The molecule has 2 heterocycles. The van der Waals surface area contributed by atoms with E-state index >= 15 is 0 Å². The van der Waals surface area contributed by atoms with Gasteiger partial charge in [-0.05, 0) is 29.9 Å². The summed E-state index contributed by atoms with van der Waals surface area (Å²) in [5.41, 5.74) is 1.08. The zero-order chi connectivity index (χ0) is 13.1. The number of aromatic nitrogens is 3. The highest BCUT2D eigenvalue weighted by molar-refractivity contribution is 8.17. The molecule has 3 nitrogen and oxygen atoms in total. The van der Waals surface area contributed by atoms with Crippen molar-refractivity contribution >= 4 is 68.4 Å². The van der Waals surface area contributed by atoms with Gasteiger partial charge < -0.3 is 0 Å². The van der Waals surface area contributed by atoms with Gasteiger partial charge in [-0.2, -0.15) is 4.37 Å². The maximum absolute atomic E-state index is 4.60. The fourth-order valence-electron chi connectivity index (χ4n) is 1.38. The number of hydrogen-bond acceptors (Lipinski definition) is 8. The standard InChI is InChI=1S/C11H9N3S5/c1-15-9-13-11(19-14-9)17-6-16-10-12-7-4-2-3-5-8(7)18-10/h2-5H,6H2,1H3. The first-order valence-corrected chi connectivity index (χ1v) is 10.1. The summed E-state index contributed by atoms with van der Waals surface area (Å²) in [4.78, 5) is 9.00. The Bertz CT molecular complexity index is 645. The summed E-state index contributed by atoms with van der Waals surface area (Å²) in [5, 5.41) is 1.78. The minimum absolute atomic E-state index is 0.859. The normalized spacial score (nSPS) is 11.2. The molecule has 0 fully saturated rings. The Labute approximate surface area is 131 Å². The van der Waals surface area contributed by atoms with Gasteiger partial charge in [0.2, 0.25) is 5.16 Å². The molecule has 2 aromatic heterocycles. The molecule has 0 spiro atoms. The number of thioether (sulfide) groups is 3. The summed E-state index contributed by atoms with van der Waals surface area (Å²) in [7, 11) is 0. The van der Waals surface area contributed by atoms with Crippen molar-refractivity contribution in [3.8, 4) is 0 Å². The van der Waals surface area contributed by atoms with Crippen LogP contribution in [0, 0.1) is 0 Å². The van der Waals surface area contributed by atoms with Crippen LogP contribution in [0.15, 0.2) is 38.1 Å². The summed E-state index contributed by atoms with van der Waals surface area (Å²) in [6.07, 6.45) is 1.99. The molecule has 0 saturated heterocycles. The van der Waals surface area contributed by atoms with Crippen LogP contribution in [0.25, 0.3) is 10.2 Å². The van der Waals surface area contributed by atoms with Gasteiger partial charge in [-0.1, -0.05) is 47.4 Å². The van der Waals surface area contributed by atoms with Crippen molar-refractivity contribution in [2.75, 3.05) is 11.3 Å². The summed E-state index contributed by atoms with van der Waals surface area (Å²) in [6.45, 7) is 0. The smallest absolute Gasteiger partial charge is 0.200 e. The lowest BCUT2D eigenvalue weighted by atomic mass is 10.3. The third-order valence-electron chi connectivity index (χ3n) is 2.21. The molecule has 0 aliphatic carbocycles. The van der Waals surface area contributed by atoms with Crippen LogP contribution >= 0.6 is 58.2 Å². The molecule has 0 aliphatic rings. The van der Waals surface area contributed by atoms with Gasteiger partial charge >= 0.3 is 0 Å². The second kappa shape index (κ2) is 6.45. The van der Waals surface area contributed by atoms with Crippen molar-refractivity contribution < 1.29 is 0 Å². The number of para-hydroxylation sites is 1. The molecule has 0 atom stereocenters. The van der Waals surface area contributed by atoms with E-state index in [0.29, 0.717) is 0 Å². The van der Waals surface area contributed by atoms with Crippen LogP contribution in [0.4, 0.5) is 0 Å². The second-order valence-electron chi connectivity index (χ2n) is 3.40. The van der Waals surface area contributed by atoms with Crippen LogP contribution in [0.3, 0.4) is 0 Å². The van der Waals surface area contributed by atoms with Crippen molar-refractivity contribution in [3.63, 3.8) is 0 Å². The van der Waals surface area contributed by atoms with Crippen molar-refractivity contribution in [2.24, 2.45) is 0 Å². The van der Waals surface area contributed by atoms with Gasteiger partial charge in [0.25, 0.3) is 0 Å². The molecule has 19 heavy (non-hydrogen) atoms. The molecule has 98 valence electrons. The molecule has 1 aromatic carbocycles. The van der Waals surface area contributed by atoms with E-state index in [1.54, 1.807) is 46.6 Å². The molecule has 0 radical (unpaired) electrons. The number of thiazole rings is 1. The Hall–Kier alpha value is -0.280. The monoisotopic (exact) mass is 343 g/mol. The average molecular weight is 344 g/mol. The first-order valence-electron chi connectivity index (χ1n) is 5.34. The molecule has 8 heteroatoms. The third-order valence-corrected chi connectivity index (χ3v) is 7.02. The Kier molecular flexibility index (Phi) is 4.65. The highest BCUT2D eigenvalue weighted by Gasteiger charge is 2.06. The SMILES string of the molecule is CSc1nsc(SCSc2nc3ccccc3s2)n1. The van der Waals surface area contributed by atoms with Crippen molar-refractivity contribution in [1.29, 1.82) is 0 Å². The van der Waals surface area contributed by atoms with Gasteiger partial charge in [0.15, 0.2) is 8.68 Å². The van der Waals surface area contributed by atoms with E-state index in [0.717, 1.165) is 24.4 Å². The minimum Gasteiger partial charge on any atom is -0.230 e. The highest BCUT2D eigenvalue weighted by Crippen LogP contribution is 2.34. The van der Waals surface area contributed by atoms with Crippen LogP contribution in [0.5, 0.6) is 0 Å². The molecule has 3 aromatic rings. The molecule has 0 bridgehead atoms. The first kappa shape index (κ1) is 13.7. The maximum atomic E-state index is 4.60. The molecule has 0 amide bonds. The Morgan fingerprint density at radius 1 is 1.11 bits per heavy atom. The number of fused-ring (bicyclic) bond motifs is 1. The van der Waals surface area contributed by atoms with Gasteiger partial charge in [0.05, 0.1) is 15.3 Å². The van der Waals surface area contributed by atoms with Crippen LogP contribution < -0.4 is 0 Å². The highest BCUT2D eigenvalue weighted by atomic mass is 32.2. The lowest BCUT2D eigenvalue weighted by Crippen LogP contribution is -1.74. The summed E-state index contributed by atoms with van der Waals surface area (Å²) >= 11 is 8.27. The van der Waals surface area contributed by atoms with E-state index in [1.165, 1.54) is 16.2 Å². The summed E-state index contributed by atoms with van der Waals surface area (Å²) in [5.74, 6) is 0. The van der Waals surface area contributed by atoms with E-state index in [4.69, 9.17) is 0 Å². The lowest BCUT2D eigenvalue weighted by Gasteiger charge is -1.93. The lowest BCUT2D eigenvalue weighted by molar-refractivity contribution is 1.02. The van der Waals surface area contributed by atoms with E-state index < -0.39 is 0 Å². The summed E-state index contributed by atoms with van der Waals surface area (Å²) in [6, 6.07) is 8.24. The summed E-state index contributed by atoms with van der Waals surface area (Å²) < 4.78 is 7.63. The molecule has 3 rings (SSSR count). The number of benzene rings is 1. The Balaban J connectivity index is 1.59. The molecule has 0 aliphatic heterocycles. The second-order valence-corrected chi connectivity index (χ2v) is 8.77. The largest absolute Gasteiger partial charge is 0.230 e. The van der Waals surface area contributed by atoms with E-state index in [9.17, 15) is 0 Å². The van der Waals surface area contributed by atoms with Gasteiger partial charge in [0, 0.05) is 0 Å². The molecule has 0 unspecified atom stereocenters. The molecular weight excluding hydrogens is 334 g/mol. The minimum atomic E-state index is 0.859. The van der Waals surface area contributed by atoms with Gasteiger partial charge in [-0.3, -0.25) is 0 Å². The van der Waals surface area contributed by atoms with E-state index in [-0.39, 0.29) is 0 Å². The fourth-order valence-corrected chi connectivity index (χ4v) is 6.16. The average Bonchev–Trinajstić information content (AvgIpc) is 3.04. The fraction of sp³-hybridized carbons (Fsp3) is 0.182. The molecule has 0 N–H and O–H groups in total. The third kappa shape index (κ3) is 3.43. The number of rotatable bonds is 5. The van der Waals surface area contributed by atoms with E-state index in [1.807, 2.05) is 12.3 Å². The Morgan fingerprint density at radius 3 is 2.74 bits per heavy atom. The Morgan fingerprint density at radius 2 is 1.95 bits per heavy atom. The quantitative estimate of drug-likeness (QED) is 0.493. The predicted molar refractivity (Wildman–Crippen MR) is 87.9 cm³/mol. The zero-order valence-corrected chi connectivity index (χ0v) is 14.0. The van der Waals surface area contributed by atoms with Crippen LogP contribution in [0.2, 0.25) is 0 Å². The number of hydrogen-bond donors (Lipinski definition) is 0. The topological polar surface area (TPSA) is 38.7 Å². The van der Waals surface area contributed by atoms with Gasteiger partial charge in [-0.15, -0.1) is 11.3 Å². The van der Waals surface area contributed by atoms with Crippen molar-refractivity contribution in [1.82, 2.24) is 14.3 Å². The van der Waals surface area contributed by atoms with Crippen LogP contribution in [0.1, 0.15) is 0 Å². The number of nitrogens with zero attached hydrogens (tertiary/aromatic N) is 3. The van der Waals surface area contributed by atoms with Gasteiger partial charge in [0.1, 0.15) is 0 Å². The predicted octanol–water partition coefficient (Wildman–Crippen LogP) is 4.71. The van der Waals surface area contributed by atoms with Gasteiger partial charge in [-0.25, -0.2) is 9.97 Å².